The van der Waals surface area contributed by atoms with E-state index in [0.717, 1.165) is 27.8 Å². The van der Waals surface area contributed by atoms with Gasteiger partial charge in [0.05, 0.1) is 75.6 Å². The van der Waals surface area contributed by atoms with E-state index in [-0.39, 0.29) is 74.7 Å². The average molecular weight is 981 g/mol. The van der Waals surface area contributed by atoms with Crippen molar-refractivity contribution in [3.63, 3.8) is 0 Å². The van der Waals surface area contributed by atoms with Crippen LogP contribution in [0.25, 0.3) is 10.9 Å². The fourth-order valence-electron chi connectivity index (χ4n) is 10.1. The van der Waals surface area contributed by atoms with E-state index < -0.39 is 72.0 Å². The average Bonchev–Trinajstić information content (AvgIpc) is 4.05. The number of aromatic amines is 1. The fourth-order valence-corrected chi connectivity index (χ4v) is 10.1. The molecule has 4 rings (SSSR count). The third-order valence-corrected chi connectivity index (χ3v) is 14.0. The normalized spacial score (nSPS) is 18.7. The minimum Gasteiger partial charge on any atom is -0.379 e. The van der Waals surface area contributed by atoms with E-state index in [0.29, 0.717) is 32.5 Å². The monoisotopic (exact) mass is 981 g/mol. The first kappa shape index (κ1) is 57.5. The number of nitrogens with one attached hydrogen (secondary N) is 3. The number of nitrogens with zero attached hydrogens (tertiary/aromatic N) is 4. The van der Waals surface area contributed by atoms with Crippen LogP contribution in [-0.2, 0) is 58.9 Å². The minimum absolute atomic E-state index is 0.00412. The number of benzene rings is 1. The zero-order valence-corrected chi connectivity index (χ0v) is 43.2. The van der Waals surface area contributed by atoms with Crippen molar-refractivity contribution in [2.45, 2.75) is 123 Å². The van der Waals surface area contributed by atoms with Crippen molar-refractivity contribution >= 4 is 52.3 Å². The maximum Gasteiger partial charge on any atom is 0.253 e. The molecule has 0 saturated carbocycles. The molecule has 0 bridgehead atoms. The Bertz CT molecular complexity index is 2090. The number of H-pyrrole nitrogens is 1. The topological polar surface area (TPSA) is 235 Å². The maximum atomic E-state index is 14.5. The number of amides is 7. The van der Waals surface area contributed by atoms with Gasteiger partial charge in [-0.25, -0.2) is 0 Å². The van der Waals surface area contributed by atoms with E-state index >= 15 is 0 Å². The summed E-state index contributed by atoms with van der Waals surface area (Å²) in [5.74, 6) is -4.01. The first-order chi connectivity index (χ1) is 33.3. The van der Waals surface area contributed by atoms with Gasteiger partial charge in [-0.3, -0.25) is 53.6 Å². The molecule has 19 heteroatoms. The molecular formula is C51H80N8O11. The highest BCUT2D eigenvalue weighted by Crippen LogP contribution is 2.31. The number of aromatic nitrogens is 1. The van der Waals surface area contributed by atoms with Crippen molar-refractivity contribution < 1.29 is 52.5 Å². The van der Waals surface area contributed by atoms with Gasteiger partial charge in [0.2, 0.25) is 29.5 Å². The van der Waals surface area contributed by atoms with Crippen LogP contribution in [0.2, 0.25) is 0 Å². The zero-order chi connectivity index (χ0) is 51.8. The van der Waals surface area contributed by atoms with E-state index in [1.807, 2.05) is 81.9 Å². The number of hydrogen-bond acceptors (Lipinski definition) is 13. The van der Waals surface area contributed by atoms with Gasteiger partial charge in [0.25, 0.3) is 11.8 Å². The second-order valence-corrected chi connectivity index (χ2v) is 19.4. The van der Waals surface area contributed by atoms with Gasteiger partial charge < -0.3 is 39.9 Å². The highest BCUT2D eigenvalue weighted by Gasteiger charge is 2.44. The van der Waals surface area contributed by atoms with Crippen molar-refractivity contribution in [3.8, 4) is 0 Å². The highest BCUT2D eigenvalue weighted by atomic mass is 16.5. The summed E-state index contributed by atoms with van der Waals surface area (Å²) in [7, 11) is 6.73. The molecule has 2 aliphatic heterocycles. The molecule has 1 saturated heterocycles. The molecule has 0 unspecified atom stereocenters. The number of carbonyl (C=O) groups is 7. The van der Waals surface area contributed by atoms with E-state index in [2.05, 4.69) is 22.5 Å². The molecule has 9 atom stereocenters. The molecule has 1 aromatic carbocycles. The predicted octanol–water partition coefficient (Wildman–Crippen LogP) is 2.66. The van der Waals surface area contributed by atoms with E-state index in [1.54, 1.807) is 26.0 Å². The standard InChI is InChI=1S/C51H80N8O11/c1-12-33(6)46(57(9)45(32(4)5)51(66)55-50(65)44(31(2)3)56(8)22-24-69-26-27-70-25-23-59-41(60)19-20-42(59)61)40(67-10)29-43(62)58-21-15-18-39(58)47(68-11)34(7)49(64)54-38(48(52)63)28-35-30-53-37-17-14-13-16-36(35)37/h13-14,16-17,19-20,30-34,38-40,44-47,53H,12,15,18,21-29H2,1-11H3,(H2,52,63)(H,54,64)(H,55,65,66)/t33-,34+,38-,39-,40+,44-,45-,46-,47+/m0/s1. The molecule has 3 heterocycles. The van der Waals surface area contributed by atoms with Crippen LogP contribution in [0.4, 0.5) is 0 Å². The van der Waals surface area contributed by atoms with Gasteiger partial charge in [0.15, 0.2) is 0 Å². The number of ether oxygens (including phenoxy) is 4. The van der Waals surface area contributed by atoms with Crippen molar-refractivity contribution in [3.05, 3.63) is 48.2 Å². The first-order valence-corrected chi connectivity index (χ1v) is 24.7. The summed E-state index contributed by atoms with van der Waals surface area (Å²) >= 11 is 0. The Labute approximate surface area is 413 Å². The maximum absolute atomic E-state index is 14.5. The summed E-state index contributed by atoms with van der Waals surface area (Å²) in [6.07, 6.45) is 5.16. The van der Waals surface area contributed by atoms with Gasteiger partial charge in [-0.2, -0.15) is 0 Å². The van der Waals surface area contributed by atoms with E-state index in [4.69, 9.17) is 24.7 Å². The number of hydrogen-bond donors (Lipinski definition) is 4. The quantitative estimate of drug-likeness (QED) is 0.0652. The summed E-state index contributed by atoms with van der Waals surface area (Å²) in [5, 5.41) is 6.51. The van der Waals surface area contributed by atoms with E-state index in [9.17, 15) is 33.6 Å². The number of likely N-dealkylation sites (tertiary alicyclic amines) is 1. The molecule has 70 heavy (non-hydrogen) atoms. The number of fused-ring (bicyclic) bond motifs is 1. The lowest BCUT2D eigenvalue weighted by atomic mass is 9.87. The first-order valence-electron chi connectivity index (χ1n) is 24.7. The molecule has 2 aliphatic rings. The predicted molar refractivity (Wildman–Crippen MR) is 265 cm³/mol. The van der Waals surface area contributed by atoms with Crippen LogP contribution in [0.5, 0.6) is 0 Å². The number of carbonyl (C=O) groups excluding carboxylic acids is 7. The molecular weight excluding hydrogens is 901 g/mol. The molecule has 0 spiro atoms. The number of nitrogens with two attached hydrogens (primary N) is 1. The van der Waals surface area contributed by atoms with Crippen LogP contribution < -0.4 is 16.4 Å². The molecule has 1 aromatic heterocycles. The smallest absolute Gasteiger partial charge is 0.253 e. The number of likely N-dealkylation sites (N-methyl/N-ethyl adjacent to an activating group) is 2. The second-order valence-electron chi connectivity index (χ2n) is 19.4. The molecule has 7 amide bonds. The molecule has 19 nitrogen and oxygen atoms in total. The van der Waals surface area contributed by atoms with Gasteiger partial charge >= 0.3 is 0 Å². The minimum atomic E-state index is -0.971. The van der Waals surface area contributed by atoms with Crippen LogP contribution in [-0.4, -0.2) is 183 Å². The van der Waals surface area contributed by atoms with Crippen LogP contribution in [0.3, 0.4) is 0 Å². The van der Waals surface area contributed by atoms with E-state index in [1.165, 1.54) is 19.3 Å². The van der Waals surface area contributed by atoms with Gasteiger partial charge in [-0.1, -0.05) is 73.1 Å². The van der Waals surface area contributed by atoms with Gasteiger partial charge in [-0.15, -0.1) is 0 Å². The number of rotatable bonds is 30. The van der Waals surface area contributed by atoms with Crippen molar-refractivity contribution in [2.24, 2.45) is 29.4 Å². The SMILES string of the molecule is CC[C@H](C)[C@@H]([C@@H](CC(=O)N1CCC[C@H]1[C@H](OC)[C@@H](C)C(=O)N[C@@H](Cc1c[nH]c2ccccc12)C(N)=O)OC)N(C)[C@H](C(=O)NC(=O)[C@H](C(C)C)N(C)CCOCCOCCN1C(=O)C=CC1=O)C(C)C. The largest absolute Gasteiger partial charge is 0.379 e. The van der Waals surface area contributed by atoms with Crippen LogP contribution >= 0.6 is 0 Å². The Kier molecular flexibility index (Phi) is 22.6. The number of methoxy groups -OCH3 is 2. The lowest BCUT2D eigenvalue weighted by Crippen LogP contribution is -2.60. The summed E-state index contributed by atoms with van der Waals surface area (Å²) in [6.45, 7) is 15.5. The Balaban J connectivity index is 1.37. The van der Waals surface area contributed by atoms with Crippen molar-refractivity contribution in [1.29, 1.82) is 0 Å². The summed E-state index contributed by atoms with van der Waals surface area (Å²) in [5.41, 5.74) is 7.56. The lowest BCUT2D eigenvalue weighted by Gasteiger charge is -2.43. The van der Waals surface area contributed by atoms with Crippen molar-refractivity contribution in [2.75, 3.05) is 74.4 Å². The molecule has 5 N–H and O–H groups in total. The van der Waals surface area contributed by atoms with Gasteiger partial charge in [0.1, 0.15) is 6.04 Å². The third-order valence-electron chi connectivity index (χ3n) is 14.0. The summed E-state index contributed by atoms with van der Waals surface area (Å²) in [6, 6.07) is 4.47. The van der Waals surface area contributed by atoms with Crippen LogP contribution in [0.1, 0.15) is 79.7 Å². The number of imide groups is 2. The molecule has 0 aliphatic carbocycles. The van der Waals surface area contributed by atoms with Gasteiger partial charge in [-0.05, 0) is 56.3 Å². The Morgan fingerprint density at radius 2 is 1.49 bits per heavy atom. The highest BCUT2D eigenvalue weighted by molar-refractivity contribution is 6.12. The lowest BCUT2D eigenvalue weighted by molar-refractivity contribution is -0.144. The Morgan fingerprint density at radius 1 is 0.857 bits per heavy atom. The zero-order valence-electron chi connectivity index (χ0n) is 43.2. The molecule has 2 aromatic rings. The molecule has 0 radical (unpaired) electrons. The van der Waals surface area contributed by atoms with Gasteiger partial charge in [0, 0.05) is 69.0 Å². The fraction of sp³-hybridized carbons (Fsp3) is 0.667. The third kappa shape index (κ3) is 15.0. The second kappa shape index (κ2) is 27.5. The van der Waals surface area contributed by atoms with Crippen LogP contribution in [0, 0.1) is 23.7 Å². The molecule has 390 valence electrons. The number of primary amides is 1. The summed E-state index contributed by atoms with van der Waals surface area (Å²) in [4.78, 5) is 102. The van der Waals surface area contributed by atoms with Crippen molar-refractivity contribution in [1.82, 2.24) is 35.2 Å². The molecule has 1 fully saturated rings. The van der Waals surface area contributed by atoms with Crippen LogP contribution in [0.15, 0.2) is 42.6 Å². The Morgan fingerprint density at radius 3 is 2.09 bits per heavy atom. The summed E-state index contributed by atoms with van der Waals surface area (Å²) < 4.78 is 23.4. The Hall–Kier alpha value is -5.05. The number of para-hydroxylation sites is 1.